The molecule has 0 unspecified atom stereocenters. The van der Waals surface area contributed by atoms with Gasteiger partial charge in [-0.2, -0.15) is 0 Å². The van der Waals surface area contributed by atoms with E-state index in [0.717, 1.165) is 38.5 Å². The first-order chi connectivity index (χ1) is 11.5. The Hall–Kier alpha value is -1.35. The zero-order chi connectivity index (χ0) is 16.9. The van der Waals surface area contributed by atoms with E-state index in [1.165, 1.54) is 11.1 Å². The number of carbonyl (C=O) groups excluding carboxylic acids is 1. The van der Waals surface area contributed by atoms with Crippen LogP contribution in [-0.4, -0.2) is 22.6 Å². The van der Waals surface area contributed by atoms with Crippen molar-refractivity contribution in [2.45, 2.75) is 57.8 Å². The third kappa shape index (κ3) is 2.32. The third-order valence-electron chi connectivity index (χ3n) is 7.29. The maximum atomic E-state index is 12.8. The smallest absolute Gasteiger partial charge is 0.139 e. The molecule has 0 aromatic heterocycles. The summed E-state index contributed by atoms with van der Waals surface area (Å²) in [5.74, 6) is 2.86. The first-order valence-corrected chi connectivity index (χ1v) is 9.50. The summed E-state index contributed by atoms with van der Waals surface area (Å²) in [6, 6.07) is 5.87. The summed E-state index contributed by atoms with van der Waals surface area (Å²) in [6.07, 6.45) is 6.73. The zero-order valence-corrected chi connectivity index (χ0v) is 14.5. The molecule has 24 heavy (non-hydrogen) atoms. The molecular weight excluding hydrogens is 300 g/mol. The molecule has 5 atom stereocenters. The second-order valence-electron chi connectivity index (χ2n) is 8.43. The first kappa shape index (κ1) is 16.1. The predicted octanol–water partition coefficient (Wildman–Crippen LogP) is 3.82. The number of hydrogen-bond acceptors (Lipinski definition) is 3. The number of aliphatic hydroxyl groups excluding tert-OH is 1. The molecule has 1 aromatic rings. The lowest BCUT2D eigenvalue weighted by Crippen LogP contribution is -2.44. The highest BCUT2D eigenvalue weighted by Gasteiger charge is 2.58. The molecule has 130 valence electrons. The minimum atomic E-state index is -0.143. The molecule has 4 rings (SSSR count). The summed E-state index contributed by atoms with van der Waals surface area (Å²) in [6.45, 7) is 2.44. The van der Waals surface area contributed by atoms with E-state index >= 15 is 0 Å². The number of rotatable bonds is 3. The van der Waals surface area contributed by atoms with Gasteiger partial charge in [0, 0.05) is 18.4 Å². The molecule has 2 N–H and O–H groups in total. The van der Waals surface area contributed by atoms with Crippen LogP contribution in [0.2, 0.25) is 0 Å². The van der Waals surface area contributed by atoms with Gasteiger partial charge in [-0.25, -0.2) is 0 Å². The predicted molar refractivity (Wildman–Crippen MR) is 92.9 cm³/mol. The Kier molecular flexibility index (Phi) is 3.95. The van der Waals surface area contributed by atoms with Crippen LogP contribution in [0.15, 0.2) is 18.2 Å². The van der Waals surface area contributed by atoms with Gasteiger partial charge < -0.3 is 10.2 Å². The van der Waals surface area contributed by atoms with Crippen molar-refractivity contribution in [1.29, 1.82) is 0 Å². The summed E-state index contributed by atoms with van der Waals surface area (Å²) in [5.41, 5.74) is 2.57. The number of aryl methyl sites for hydroxylation is 1. The molecule has 0 amide bonds. The van der Waals surface area contributed by atoms with Gasteiger partial charge in [0.25, 0.3) is 0 Å². The quantitative estimate of drug-likeness (QED) is 0.887. The maximum Gasteiger partial charge on any atom is 0.139 e. The Labute approximate surface area is 144 Å². The fraction of sp³-hybridized carbons (Fsp3) is 0.667. The Morgan fingerprint density at radius 3 is 2.92 bits per heavy atom. The van der Waals surface area contributed by atoms with Gasteiger partial charge in [-0.15, -0.1) is 0 Å². The molecule has 3 aliphatic carbocycles. The first-order valence-electron chi connectivity index (χ1n) is 9.50. The molecule has 0 saturated heterocycles. The van der Waals surface area contributed by atoms with Gasteiger partial charge in [0.05, 0.1) is 0 Å². The second-order valence-corrected chi connectivity index (χ2v) is 8.43. The summed E-state index contributed by atoms with van der Waals surface area (Å²) in [5, 5.41) is 19.0. The van der Waals surface area contributed by atoms with Gasteiger partial charge in [0.15, 0.2) is 0 Å². The van der Waals surface area contributed by atoms with E-state index in [0.29, 0.717) is 41.6 Å². The van der Waals surface area contributed by atoms with Crippen molar-refractivity contribution >= 4 is 5.78 Å². The lowest BCUT2D eigenvalue weighted by molar-refractivity contribution is -0.129. The van der Waals surface area contributed by atoms with Crippen LogP contribution in [0.25, 0.3) is 0 Å². The average Bonchev–Trinajstić information content (AvgIpc) is 2.83. The summed E-state index contributed by atoms with van der Waals surface area (Å²) in [4.78, 5) is 12.8. The van der Waals surface area contributed by atoms with Crippen molar-refractivity contribution in [2.75, 3.05) is 6.61 Å². The number of hydrogen-bond donors (Lipinski definition) is 2. The molecule has 2 fully saturated rings. The van der Waals surface area contributed by atoms with Gasteiger partial charge in [-0.1, -0.05) is 13.0 Å². The molecule has 0 bridgehead atoms. The summed E-state index contributed by atoms with van der Waals surface area (Å²) < 4.78 is 0. The Balaban J connectivity index is 1.68. The number of phenolic OH excluding ortho intramolecular Hbond substituents is 1. The third-order valence-corrected chi connectivity index (χ3v) is 7.29. The number of benzene rings is 1. The van der Waals surface area contributed by atoms with Crippen LogP contribution in [0.5, 0.6) is 5.75 Å². The molecule has 2 saturated carbocycles. The van der Waals surface area contributed by atoms with E-state index in [1.54, 1.807) is 0 Å². The highest BCUT2D eigenvalue weighted by Crippen LogP contribution is 2.62. The van der Waals surface area contributed by atoms with E-state index in [2.05, 4.69) is 13.0 Å². The highest BCUT2D eigenvalue weighted by atomic mass is 16.3. The van der Waals surface area contributed by atoms with Gasteiger partial charge in [-0.3, -0.25) is 4.79 Å². The topological polar surface area (TPSA) is 57.5 Å². The largest absolute Gasteiger partial charge is 0.508 e. The maximum absolute atomic E-state index is 12.8. The molecule has 0 radical (unpaired) electrons. The SMILES string of the molecule is C[C@]12CC[C@@H]3c4ccc(O)cc4CC[C@H]3[C@@H]1[C@H](CCCO)CC2=O. The molecule has 0 heterocycles. The van der Waals surface area contributed by atoms with Crippen molar-refractivity contribution in [1.82, 2.24) is 0 Å². The van der Waals surface area contributed by atoms with Crippen LogP contribution < -0.4 is 0 Å². The van der Waals surface area contributed by atoms with Crippen molar-refractivity contribution in [3.63, 3.8) is 0 Å². The number of fused-ring (bicyclic) bond motifs is 5. The van der Waals surface area contributed by atoms with Crippen molar-refractivity contribution < 1.29 is 15.0 Å². The van der Waals surface area contributed by atoms with Crippen molar-refractivity contribution in [3.05, 3.63) is 29.3 Å². The van der Waals surface area contributed by atoms with E-state index in [9.17, 15) is 15.0 Å². The number of aliphatic hydroxyl groups is 1. The Morgan fingerprint density at radius 1 is 1.29 bits per heavy atom. The molecule has 0 spiro atoms. The van der Waals surface area contributed by atoms with Crippen LogP contribution in [0.3, 0.4) is 0 Å². The number of Topliss-reactive ketones (excluding diaryl/α,β-unsaturated/α-hetero) is 1. The van der Waals surface area contributed by atoms with Crippen molar-refractivity contribution in [3.8, 4) is 5.75 Å². The fourth-order valence-corrected chi connectivity index (χ4v) is 6.25. The van der Waals surface area contributed by atoms with E-state index in [-0.39, 0.29) is 12.0 Å². The average molecular weight is 328 g/mol. The fourth-order valence-electron chi connectivity index (χ4n) is 6.25. The van der Waals surface area contributed by atoms with Crippen LogP contribution in [0, 0.1) is 23.2 Å². The van der Waals surface area contributed by atoms with Gasteiger partial charge in [0.2, 0.25) is 0 Å². The molecule has 3 heteroatoms. The monoisotopic (exact) mass is 328 g/mol. The molecular formula is C21H28O3. The minimum absolute atomic E-state index is 0.143. The van der Waals surface area contributed by atoms with Crippen molar-refractivity contribution in [2.24, 2.45) is 23.2 Å². The Bertz CT molecular complexity index is 652. The minimum Gasteiger partial charge on any atom is -0.508 e. The number of carbonyl (C=O) groups is 1. The molecule has 1 aromatic carbocycles. The lowest BCUT2D eigenvalue weighted by Gasteiger charge is -2.50. The standard InChI is InChI=1S/C21H28O3/c1-21-9-8-17-16-7-5-15(23)11-13(16)4-6-18(17)20(21)14(3-2-10-22)12-19(21)24/h5,7,11,14,17-18,20,22-23H,2-4,6,8-10,12H2,1H3/t14-,17-,18-,20+,21-/m1/s1. The zero-order valence-electron chi connectivity index (χ0n) is 14.5. The van der Waals surface area contributed by atoms with Crippen LogP contribution >= 0.6 is 0 Å². The number of ketones is 1. The van der Waals surface area contributed by atoms with Gasteiger partial charge in [0.1, 0.15) is 11.5 Å². The lowest BCUT2D eigenvalue weighted by atomic mass is 9.54. The van der Waals surface area contributed by atoms with Crippen LogP contribution in [0.1, 0.15) is 62.5 Å². The summed E-state index contributed by atoms with van der Waals surface area (Å²) in [7, 11) is 0. The van der Waals surface area contributed by atoms with Gasteiger partial charge in [-0.05, 0) is 85.5 Å². The number of phenols is 1. The Morgan fingerprint density at radius 2 is 2.12 bits per heavy atom. The second kappa shape index (κ2) is 5.87. The van der Waals surface area contributed by atoms with E-state index < -0.39 is 0 Å². The highest BCUT2D eigenvalue weighted by molar-refractivity contribution is 5.87. The normalized spacial score (nSPS) is 37.7. The molecule has 3 aliphatic rings. The van der Waals surface area contributed by atoms with Crippen LogP contribution in [-0.2, 0) is 11.2 Å². The number of aromatic hydroxyl groups is 1. The van der Waals surface area contributed by atoms with E-state index in [1.807, 2.05) is 12.1 Å². The van der Waals surface area contributed by atoms with E-state index in [4.69, 9.17) is 0 Å². The van der Waals surface area contributed by atoms with Gasteiger partial charge >= 0.3 is 0 Å². The summed E-state index contributed by atoms with van der Waals surface area (Å²) >= 11 is 0. The van der Waals surface area contributed by atoms with Crippen LogP contribution in [0.4, 0.5) is 0 Å². The molecule has 3 nitrogen and oxygen atoms in total. The molecule has 0 aliphatic heterocycles.